The van der Waals surface area contributed by atoms with Crippen LogP contribution in [-0.2, 0) is 4.79 Å². The van der Waals surface area contributed by atoms with Crippen LogP contribution < -0.4 is 15.1 Å². The SMILES string of the molecule is Cc1ccc(NC(=O)C[NH+]2CC[NH+](C/C=C/c3ccccc3)CC2)cc1C. The van der Waals surface area contributed by atoms with Gasteiger partial charge < -0.3 is 15.1 Å². The topological polar surface area (TPSA) is 38.0 Å². The summed E-state index contributed by atoms with van der Waals surface area (Å²) in [6.07, 6.45) is 4.46. The van der Waals surface area contributed by atoms with Gasteiger partial charge in [-0.25, -0.2) is 0 Å². The van der Waals surface area contributed by atoms with Crippen molar-refractivity contribution in [3.05, 3.63) is 71.3 Å². The fourth-order valence-corrected chi connectivity index (χ4v) is 3.52. The minimum Gasteiger partial charge on any atom is -0.322 e. The van der Waals surface area contributed by atoms with E-state index in [0.29, 0.717) is 6.54 Å². The standard InChI is InChI=1S/C23H29N3O/c1-19-10-11-22(17-20(19)2)24-23(27)18-26-15-13-25(14-16-26)12-6-9-21-7-4-3-5-8-21/h3-11,17H,12-16,18H2,1-2H3,(H,24,27)/p+2/b9-6+. The predicted molar refractivity (Wildman–Crippen MR) is 111 cm³/mol. The fraction of sp³-hybridized carbons (Fsp3) is 0.348. The normalized spacial score (nSPS) is 19.9. The van der Waals surface area contributed by atoms with E-state index in [9.17, 15) is 4.79 Å². The van der Waals surface area contributed by atoms with Crippen molar-refractivity contribution in [3.8, 4) is 0 Å². The molecule has 4 nitrogen and oxygen atoms in total. The Morgan fingerprint density at radius 1 is 0.963 bits per heavy atom. The summed E-state index contributed by atoms with van der Waals surface area (Å²) in [5.74, 6) is 0.112. The third kappa shape index (κ3) is 6.05. The van der Waals surface area contributed by atoms with E-state index in [0.717, 1.165) is 38.4 Å². The average Bonchev–Trinajstić information content (AvgIpc) is 2.67. The maximum Gasteiger partial charge on any atom is 0.279 e. The van der Waals surface area contributed by atoms with E-state index in [1.807, 2.05) is 18.2 Å². The van der Waals surface area contributed by atoms with E-state index in [4.69, 9.17) is 0 Å². The number of rotatable bonds is 6. The number of carbonyl (C=O) groups is 1. The second-order valence-corrected chi connectivity index (χ2v) is 7.54. The minimum atomic E-state index is 0.112. The summed E-state index contributed by atoms with van der Waals surface area (Å²) in [7, 11) is 0. The van der Waals surface area contributed by atoms with Crippen molar-refractivity contribution >= 4 is 17.7 Å². The molecule has 1 fully saturated rings. The lowest BCUT2D eigenvalue weighted by Crippen LogP contribution is -3.28. The summed E-state index contributed by atoms with van der Waals surface area (Å²) in [6, 6.07) is 16.5. The molecule has 2 aromatic rings. The third-order valence-electron chi connectivity index (χ3n) is 5.38. The first-order valence-electron chi connectivity index (χ1n) is 9.86. The summed E-state index contributed by atoms with van der Waals surface area (Å²) < 4.78 is 0. The zero-order valence-electron chi connectivity index (χ0n) is 16.4. The smallest absolute Gasteiger partial charge is 0.279 e. The van der Waals surface area contributed by atoms with Crippen molar-refractivity contribution in [2.45, 2.75) is 13.8 Å². The number of hydrogen-bond acceptors (Lipinski definition) is 1. The van der Waals surface area contributed by atoms with Gasteiger partial charge in [0.05, 0.1) is 6.54 Å². The molecule has 1 amide bonds. The Balaban J connectivity index is 1.39. The van der Waals surface area contributed by atoms with Crippen LogP contribution in [0.2, 0.25) is 0 Å². The van der Waals surface area contributed by atoms with Crippen LogP contribution in [0.15, 0.2) is 54.6 Å². The molecule has 1 aliphatic heterocycles. The van der Waals surface area contributed by atoms with Gasteiger partial charge in [0.25, 0.3) is 5.91 Å². The lowest BCUT2D eigenvalue weighted by Gasteiger charge is -2.28. The Morgan fingerprint density at radius 2 is 1.67 bits per heavy atom. The molecular weight excluding hydrogens is 334 g/mol. The van der Waals surface area contributed by atoms with E-state index in [2.05, 4.69) is 61.6 Å². The molecule has 1 saturated heterocycles. The molecule has 0 radical (unpaired) electrons. The van der Waals surface area contributed by atoms with Gasteiger partial charge in [0, 0.05) is 5.69 Å². The number of piperazine rings is 1. The Morgan fingerprint density at radius 3 is 2.37 bits per heavy atom. The lowest BCUT2D eigenvalue weighted by molar-refractivity contribution is -1.01. The van der Waals surface area contributed by atoms with Crippen LogP contribution in [0.3, 0.4) is 0 Å². The molecule has 27 heavy (non-hydrogen) atoms. The second kappa shape index (κ2) is 9.49. The Kier molecular flexibility index (Phi) is 6.80. The average molecular weight is 366 g/mol. The van der Waals surface area contributed by atoms with Crippen LogP contribution in [0.1, 0.15) is 16.7 Å². The van der Waals surface area contributed by atoms with Crippen LogP contribution in [0.25, 0.3) is 6.08 Å². The van der Waals surface area contributed by atoms with Gasteiger partial charge in [0.15, 0.2) is 6.54 Å². The van der Waals surface area contributed by atoms with Crippen LogP contribution >= 0.6 is 0 Å². The van der Waals surface area contributed by atoms with Crippen molar-refractivity contribution in [2.75, 3.05) is 44.6 Å². The molecule has 4 heteroatoms. The van der Waals surface area contributed by atoms with E-state index >= 15 is 0 Å². The van der Waals surface area contributed by atoms with Gasteiger partial charge in [-0.1, -0.05) is 42.5 Å². The van der Waals surface area contributed by atoms with E-state index in [1.165, 1.54) is 21.6 Å². The van der Waals surface area contributed by atoms with Crippen LogP contribution in [0.5, 0.6) is 0 Å². The molecule has 0 spiro atoms. The molecule has 1 heterocycles. The van der Waals surface area contributed by atoms with Gasteiger partial charge in [0.1, 0.15) is 26.2 Å². The number of carbonyl (C=O) groups excluding carboxylic acids is 1. The molecule has 0 saturated carbocycles. The number of benzene rings is 2. The number of quaternary nitrogens is 2. The Bertz CT molecular complexity index is 777. The number of amides is 1. The van der Waals surface area contributed by atoms with Crippen LogP contribution in [-0.4, -0.2) is 45.2 Å². The van der Waals surface area contributed by atoms with Gasteiger partial charge >= 0.3 is 0 Å². The third-order valence-corrected chi connectivity index (χ3v) is 5.38. The Labute approximate surface area is 162 Å². The van der Waals surface area contributed by atoms with E-state index < -0.39 is 0 Å². The van der Waals surface area contributed by atoms with Gasteiger partial charge in [-0.15, -0.1) is 0 Å². The number of anilines is 1. The number of aryl methyl sites for hydroxylation is 2. The van der Waals surface area contributed by atoms with Gasteiger partial charge in [-0.05, 0) is 48.7 Å². The summed E-state index contributed by atoms with van der Waals surface area (Å²) in [4.78, 5) is 15.3. The molecule has 2 aromatic carbocycles. The molecule has 0 aliphatic carbocycles. The highest BCUT2D eigenvalue weighted by molar-refractivity contribution is 5.91. The molecule has 0 atom stereocenters. The zero-order chi connectivity index (χ0) is 19.1. The molecule has 142 valence electrons. The largest absolute Gasteiger partial charge is 0.322 e. The Hall–Kier alpha value is -2.43. The highest BCUT2D eigenvalue weighted by Gasteiger charge is 2.24. The molecule has 0 bridgehead atoms. The first-order valence-corrected chi connectivity index (χ1v) is 9.86. The lowest BCUT2D eigenvalue weighted by atomic mass is 10.1. The van der Waals surface area contributed by atoms with E-state index in [1.54, 1.807) is 4.90 Å². The summed E-state index contributed by atoms with van der Waals surface area (Å²) >= 11 is 0. The molecule has 3 N–H and O–H groups in total. The molecule has 0 unspecified atom stereocenters. The number of nitrogens with one attached hydrogen (secondary N) is 3. The van der Waals surface area contributed by atoms with Crippen molar-refractivity contribution in [3.63, 3.8) is 0 Å². The van der Waals surface area contributed by atoms with Gasteiger partial charge in [0.2, 0.25) is 0 Å². The summed E-state index contributed by atoms with van der Waals surface area (Å²) in [5, 5.41) is 3.04. The van der Waals surface area contributed by atoms with Crippen LogP contribution in [0.4, 0.5) is 5.69 Å². The molecular formula is C23H31N3O+2. The summed E-state index contributed by atoms with van der Waals surface area (Å²) in [5.41, 5.74) is 4.61. The number of hydrogen-bond donors (Lipinski definition) is 3. The van der Waals surface area contributed by atoms with Crippen molar-refractivity contribution in [2.24, 2.45) is 0 Å². The minimum absolute atomic E-state index is 0.112. The van der Waals surface area contributed by atoms with Gasteiger partial charge in [-0.3, -0.25) is 4.79 Å². The fourth-order valence-electron chi connectivity index (χ4n) is 3.52. The maximum absolute atomic E-state index is 12.3. The summed E-state index contributed by atoms with van der Waals surface area (Å²) in [6.45, 7) is 10.1. The quantitative estimate of drug-likeness (QED) is 0.694. The second-order valence-electron chi connectivity index (χ2n) is 7.54. The first kappa shape index (κ1) is 19.3. The predicted octanol–water partition coefficient (Wildman–Crippen LogP) is 0.739. The highest BCUT2D eigenvalue weighted by Crippen LogP contribution is 2.13. The van der Waals surface area contributed by atoms with E-state index in [-0.39, 0.29) is 5.91 Å². The maximum atomic E-state index is 12.3. The zero-order valence-corrected chi connectivity index (χ0v) is 16.4. The first-order chi connectivity index (χ1) is 13.1. The van der Waals surface area contributed by atoms with Crippen LogP contribution in [0, 0.1) is 13.8 Å². The van der Waals surface area contributed by atoms with Crippen molar-refractivity contribution < 1.29 is 14.6 Å². The monoisotopic (exact) mass is 365 g/mol. The molecule has 1 aliphatic rings. The molecule has 3 rings (SSSR count). The highest BCUT2D eigenvalue weighted by atomic mass is 16.2. The molecule has 0 aromatic heterocycles. The van der Waals surface area contributed by atoms with Crippen molar-refractivity contribution in [1.29, 1.82) is 0 Å². The van der Waals surface area contributed by atoms with Gasteiger partial charge in [-0.2, -0.15) is 0 Å². The van der Waals surface area contributed by atoms with Crippen molar-refractivity contribution in [1.82, 2.24) is 0 Å².